The summed E-state index contributed by atoms with van der Waals surface area (Å²) in [6, 6.07) is 16.3. The Morgan fingerprint density at radius 2 is 1.60 bits per heavy atom. The zero-order valence-corrected chi connectivity index (χ0v) is 23.4. The number of hydrogen-bond donors (Lipinski definition) is 2. The van der Waals surface area contributed by atoms with Crippen molar-refractivity contribution in [1.29, 1.82) is 5.26 Å². The van der Waals surface area contributed by atoms with Crippen molar-refractivity contribution in [2.24, 2.45) is 0 Å². The third-order valence-corrected chi connectivity index (χ3v) is 9.22. The van der Waals surface area contributed by atoms with Gasteiger partial charge in [-0.3, -0.25) is 9.59 Å². The van der Waals surface area contributed by atoms with E-state index in [-0.39, 0.29) is 34.9 Å². The second-order valence-corrected chi connectivity index (χ2v) is 12.8. The molecule has 0 aliphatic carbocycles. The first-order valence-corrected chi connectivity index (χ1v) is 14.6. The Bertz CT molecular complexity index is 1630. The van der Waals surface area contributed by atoms with Gasteiger partial charge in [0, 0.05) is 10.6 Å². The van der Waals surface area contributed by atoms with Gasteiger partial charge in [-0.1, -0.05) is 53.5 Å². The molecule has 208 valence electrons. The maximum absolute atomic E-state index is 15.0. The van der Waals surface area contributed by atoms with Gasteiger partial charge in [-0.05, 0) is 55.7 Å². The van der Waals surface area contributed by atoms with Crippen molar-refractivity contribution in [2.75, 3.05) is 11.5 Å². The molecule has 0 aromatic heterocycles. The van der Waals surface area contributed by atoms with Crippen molar-refractivity contribution in [3.63, 3.8) is 0 Å². The van der Waals surface area contributed by atoms with Gasteiger partial charge in [0.2, 0.25) is 0 Å². The van der Waals surface area contributed by atoms with Crippen LogP contribution in [0.4, 0.5) is 8.78 Å². The van der Waals surface area contributed by atoms with Crippen LogP contribution in [0, 0.1) is 23.0 Å². The first-order chi connectivity index (χ1) is 18.8. The molecule has 1 heterocycles. The molecule has 3 aromatic carbocycles. The largest absolute Gasteiger partial charge is 0.335 e. The quantitative estimate of drug-likeness (QED) is 0.402. The zero-order valence-electron chi connectivity index (χ0n) is 21.1. The molecule has 0 unspecified atom stereocenters. The lowest BCUT2D eigenvalue weighted by atomic mass is 9.86. The lowest BCUT2D eigenvalue weighted by Gasteiger charge is -2.37. The Balaban J connectivity index is 1.71. The molecule has 0 saturated carbocycles. The smallest absolute Gasteiger partial charge is 0.253 e. The second kappa shape index (κ2) is 11.2. The number of nitrogens with zero attached hydrogens (tertiary/aromatic N) is 1. The van der Waals surface area contributed by atoms with Crippen LogP contribution in [0.3, 0.4) is 0 Å². The molecule has 1 saturated heterocycles. The van der Waals surface area contributed by atoms with Gasteiger partial charge in [0.15, 0.2) is 9.84 Å². The fourth-order valence-electron chi connectivity index (χ4n) is 4.56. The van der Waals surface area contributed by atoms with E-state index in [4.69, 9.17) is 23.2 Å². The Labute approximate surface area is 240 Å². The monoisotopic (exact) mass is 605 g/mol. The summed E-state index contributed by atoms with van der Waals surface area (Å²) in [6.07, 6.45) is -0.451. The molecule has 12 heteroatoms. The van der Waals surface area contributed by atoms with E-state index in [9.17, 15) is 23.3 Å². The van der Waals surface area contributed by atoms with Crippen molar-refractivity contribution in [2.45, 2.75) is 30.8 Å². The van der Waals surface area contributed by atoms with Gasteiger partial charge in [-0.25, -0.2) is 17.2 Å². The van der Waals surface area contributed by atoms with Gasteiger partial charge < -0.3 is 10.6 Å². The molecule has 7 nitrogen and oxygen atoms in total. The summed E-state index contributed by atoms with van der Waals surface area (Å²) in [7, 11) is -3.40. The van der Waals surface area contributed by atoms with E-state index in [0.717, 1.165) is 25.1 Å². The van der Waals surface area contributed by atoms with Crippen molar-refractivity contribution in [3.8, 4) is 17.2 Å². The van der Waals surface area contributed by atoms with Crippen molar-refractivity contribution >= 4 is 44.9 Å². The van der Waals surface area contributed by atoms with Crippen LogP contribution in [0.25, 0.3) is 11.1 Å². The summed E-state index contributed by atoms with van der Waals surface area (Å²) >= 11 is 12.7. The van der Waals surface area contributed by atoms with Gasteiger partial charge >= 0.3 is 0 Å². The van der Waals surface area contributed by atoms with E-state index in [1.165, 1.54) is 12.1 Å². The van der Waals surface area contributed by atoms with E-state index < -0.39 is 49.9 Å². The standard InChI is InChI=1S/C28H23Cl2F2N3O4S/c1-27(24-22(31)7-4-8-23(24)32,26(37)35-28(16-33)11-13-40(38,39)14-12-28)34-25(36)19-10-9-17(15-21(19)30)18-5-2-3-6-20(18)29/h2-10,15H,11-14H2,1H3,(H,34,36)(H,35,37)/t27-/m0/s1. The summed E-state index contributed by atoms with van der Waals surface area (Å²) < 4.78 is 53.9. The molecule has 1 atom stereocenters. The number of hydrogen-bond acceptors (Lipinski definition) is 5. The number of sulfone groups is 1. The van der Waals surface area contributed by atoms with Crippen molar-refractivity contribution < 1.29 is 26.8 Å². The highest BCUT2D eigenvalue weighted by molar-refractivity contribution is 7.91. The van der Waals surface area contributed by atoms with Crippen LogP contribution in [-0.4, -0.2) is 37.3 Å². The topological polar surface area (TPSA) is 116 Å². The zero-order chi connectivity index (χ0) is 29.3. The predicted octanol–water partition coefficient (Wildman–Crippen LogP) is 5.17. The Morgan fingerprint density at radius 3 is 2.17 bits per heavy atom. The summed E-state index contributed by atoms with van der Waals surface area (Å²) in [5, 5.41) is 15.1. The van der Waals surface area contributed by atoms with Crippen LogP contribution in [0.15, 0.2) is 60.7 Å². The van der Waals surface area contributed by atoms with Crippen LogP contribution >= 0.6 is 23.2 Å². The molecule has 40 heavy (non-hydrogen) atoms. The first-order valence-electron chi connectivity index (χ1n) is 12.1. The van der Waals surface area contributed by atoms with Crippen LogP contribution in [0.2, 0.25) is 10.0 Å². The number of carbonyl (C=O) groups excluding carboxylic acids is 2. The summed E-state index contributed by atoms with van der Waals surface area (Å²) in [4.78, 5) is 27.1. The molecule has 2 N–H and O–H groups in total. The van der Waals surface area contributed by atoms with Crippen molar-refractivity contribution in [1.82, 2.24) is 10.6 Å². The molecule has 0 spiro atoms. The van der Waals surface area contributed by atoms with Crippen LogP contribution in [-0.2, 0) is 20.2 Å². The van der Waals surface area contributed by atoms with Crippen LogP contribution in [0.5, 0.6) is 0 Å². The fraction of sp³-hybridized carbons (Fsp3) is 0.250. The molecular weight excluding hydrogens is 583 g/mol. The number of nitriles is 1. The fourth-order valence-corrected chi connectivity index (χ4v) is 6.59. The Morgan fingerprint density at radius 1 is 0.975 bits per heavy atom. The number of halogens is 4. The molecule has 1 aliphatic rings. The van der Waals surface area contributed by atoms with Gasteiger partial charge in [-0.15, -0.1) is 0 Å². The molecule has 1 fully saturated rings. The number of carbonyl (C=O) groups is 2. The Hall–Kier alpha value is -3.52. The molecular formula is C28H23Cl2F2N3O4S. The minimum atomic E-state index is -3.40. The summed E-state index contributed by atoms with van der Waals surface area (Å²) in [5.74, 6) is -4.97. The van der Waals surface area contributed by atoms with E-state index in [0.29, 0.717) is 16.1 Å². The normalized spacial score (nSPS) is 17.2. The highest BCUT2D eigenvalue weighted by Gasteiger charge is 2.47. The first kappa shape index (κ1) is 29.5. The molecule has 0 bridgehead atoms. The predicted molar refractivity (Wildman–Crippen MR) is 147 cm³/mol. The lowest BCUT2D eigenvalue weighted by molar-refractivity contribution is -0.128. The van der Waals surface area contributed by atoms with Gasteiger partial charge in [0.05, 0.1) is 33.7 Å². The molecule has 4 rings (SSSR count). The third-order valence-electron chi connectivity index (χ3n) is 6.93. The minimum Gasteiger partial charge on any atom is -0.335 e. The molecule has 3 aromatic rings. The summed E-state index contributed by atoms with van der Waals surface area (Å²) in [5.41, 5.74) is -3.57. The number of nitrogens with one attached hydrogen (secondary N) is 2. The third kappa shape index (κ3) is 5.82. The van der Waals surface area contributed by atoms with Crippen LogP contribution in [0.1, 0.15) is 35.7 Å². The number of amides is 2. The van der Waals surface area contributed by atoms with E-state index >= 15 is 8.78 Å². The van der Waals surface area contributed by atoms with Gasteiger partial charge in [-0.2, -0.15) is 5.26 Å². The van der Waals surface area contributed by atoms with Gasteiger partial charge in [0.1, 0.15) is 22.7 Å². The molecule has 2 amide bonds. The SMILES string of the molecule is C[C@@](NC(=O)c1ccc(-c2ccccc2Cl)cc1Cl)(C(=O)NC1(C#N)CCS(=O)(=O)CC1)c1c(F)cccc1F. The maximum Gasteiger partial charge on any atom is 0.253 e. The van der Waals surface area contributed by atoms with E-state index in [2.05, 4.69) is 10.6 Å². The molecule has 0 radical (unpaired) electrons. The highest BCUT2D eigenvalue weighted by Crippen LogP contribution is 2.33. The second-order valence-electron chi connectivity index (χ2n) is 9.65. The average molecular weight is 606 g/mol. The number of rotatable bonds is 6. The summed E-state index contributed by atoms with van der Waals surface area (Å²) in [6.45, 7) is 1.10. The molecule has 1 aliphatic heterocycles. The van der Waals surface area contributed by atoms with E-state index in [1.807, 2.05) is 6.07 Å². The highest BCUT2D eigenvalue weighted by atomic mass is 35.5. The Kier molecular flexibility index (Phi) is 8.22. The maximum atomic E-state index is 15.0. The lowest BCUT2D eigenvalue weighted by Crippen LogP contribution is -2.61. The van der Waals surface area contributed by atoms with Gasteiger partial charge in [0.25, 0.3) is 11.8 Å². The average Bonchev–Trinajstić information content (AvgIpc) is 2.90. The number of benzene rings is 3. The van der Waals surface area contributed by atoms with Crippen LogP contribution < -0.4 is 10.6 Å². The minimum absolute atomic E-state index is 0.0161. The van der Waals surface area contributed by atoms with Crippen molar-refractivity contribution in [3.05, 3.63) is 93.5 Å². The van der Waals surface area contributed by atoms with E-state index in [1.54, 1.807) is 30.3 Å².